The average Bonchev–Trinajstić information content (AvgIpc) is 3.42. The number of carboxylic acids is 2. The maximum absolute atomic E-state index is 13.4. The molecule has 5 atom stereocenters. The first-order valence-corrected chi connectivity index (χ1v) is 12.6. The molecule has 8 N–H and O–H groups in total. The monoisotopic (exact) mass is 544 g/mol. The molecule has 13 nitrogen and oxygen atoms in total. The molecule has 0 fully saturated rings. The summed E-state index contributed by atoms with van der Waals surface area (Å²) in [5.41, 5.74) is 7.07. The number of benzene rings is 1. The fourth-order valence-corrected chi connectivity index (χ4v) is 3.78. The highest BCUT2D eigenvalue weighted by molar-refractivity contribution is 5.94. The number of nitrogens with one attached hydrogen (secondary N) is 4. The summed E-state index contributed by atoms with van der Waals surface area (Å²) in [6, 6.07) is 4.22. The van der Waals surface area contributed by atoms with Crippen molar-refractivity contribution in [2.24, 2.45) is 11.7 Å². The number of carbonyl (C=O) groups is 5. The summed E-state index contributed by atoms with van der Waals surface area (Å²) in [6.07, 6.45) is 2.95. The number of nitrogens with zero attached hydrogens (tertiary/aromatic N) is 1. The molecule has 2 aromatic rings. The molecule has 39 heavy (non-hydrogen) atoms. The number of carboxylic acid groups (broad SMARTS) is 2. The highest BCUT2D eigenvalue weighted by Crippen LogP contribution is 2.11. The molecule has 1 heterocycles. The Kier molecular flexibility index (Phi) is 12.1. The van der Waals surface area contributed by atoms with Gasteiger partial charge in [-0.2, -0.15) is 0 Å². The first-order valence-electron chi connectivity index (χ1n) is 12.6. The van der Waals surface area contributed by atoms with E-state index in [1.54, 1.807) is 37.3 Å². The number of hydrogen-bond donors (Lipinski definition) is 7. The maximum atomic E-state index is 13.4. The van der Waals surface area contributed by atoms with Gasteiger partial charge in [-0.3, -0.25) is 19.2 Å². The number of nitrogens with two attached hydrogens (primary N) is 1. The Bertz CT molecular complexity index is 1110. The lowest BCUT2D eigenvalue weighted by molar-refractivity contribution is -0.142. The molecule has 0 radical (unpaired) electrons. The molecule has 0 saturated heterocycles. The van der Waals surface area contributed by atoms with Crippen molar-refractivity contribution in [1.82, 2.24) is 25.9 Å². The lowest BCUT2D eigenvalue weighted by Crippen LogP contribution is -2.59. The van der Waals surface area contributed by atoms with E-state index in [1.165, 1.54) is 12.5 Å². The zero-order valence-corrected chi connectivity index (χ0v) is 21.9. The number of hydrogen-bond acceptors (Lipinski definition) is 7. The van der Waals surface area contributed by atoms with Crippen molar-refractivity contribution in [3.63, 3.8) is 0 Å². The van der Waals surface area contributed by atoms with Gasteiger partial charge in [0.25, 0.3) is 0 Å². The molecule has 3 amide bonds. The molecule has 0 spiro atoms. The van der Waals surface area contributed by atoms with Gasteiger partial charge in [0.15, 0.2) is 0 Å². The zero-order valence-electron chi connectivity index (χ0n) is 21.9. The molecular weight excluding hydrogens is 508 g/mol. The third kappa shape index (κ3) is 10.2. The van der Waals surface area contributed by atoms with Gasteiger partial charge in [-0.1, -0.05) is 50.6 Å². The number of carbonyl (C=O) groups excluding carboxylic acids is 3. The van der Waals surface area contributed by atoms with Gasteiger partial charge in [0.2, 0.25) is 17.7 Å². The van der Waals surface area contributed by atoms with Crippen molar-refractivity contribution in [2.75, 3.05) is 0 Å². The zero-order chi connectivity index (χ0) is 28.9. The molecule has 1 aromatic heterocycles. The van der Waals surface area contributed by atoms with Gasteiger partial charge in [0.1, 0.15) is 18.1 Å². The van der Waals surface area contributed by atoms with Crippen LogP contribution in [0.3, 0.4) is 0 Å². The van der Waals surface area contributed by atoms with Crippen LogP contribution in [0.25, 0.3) is 0 Å². The summed E-state index contributed by atoms with van der Waals surface area (Å²) < 4.78 is 0. The van der Waals surface area contributed by atoms with E-state index in [2.05, 4.69) is 25.9 Å². The van der Waals surface area contributed by atoms with E-state index in [1.807, 2.05) is 6.92 Å². The molecule has 212 valence electrons. The van der Waals surface area contributed by atoms with Crippen LogP contribution >= 0.6 is 0 Å². The van der Waals surface area contributed by atoms with E-state index >= 15 is 0 Å². The minimum atomic E-state index is -1.27. The van der Waals surface area contributed by atoms with Gasteiger partial charge >= 0.3 is 11.9 Å². The second kappa shape index (κ2) is 15.2. The van der Waals surface area contributed by atoms with Crippen molar-refractivity contribution in [3.05, 3.63) is 54.1 Å². The molecule has 0 bridgehead atoms. The van der Waals surface area contributed by atoms with Gasteiger partial charge < -0.3 is 36.9 Å². The molecule has 2 rings (SSSR count). The fraction of sp³-hybridized carbons (Fsp3) is 0.462. The van der Waals surface area contributed by atoms with Gasteiger partial charge in [-0.25, -0.2) is 9.78 Å². The van der Waals surface area contributed by atoms with Crippen LogP contribution in [0.2, 0.25) is 0 Å². The molecule has 0 aliphatic rings. The third-order valence-electron chi connectivity index (χ3n) is 6.31. The summed E-state index contributed by atoms with van der Waals surface area (Å²) in [7, 11) is 0. The minimum Gasteiger partial charge on any atom is -0.481 e. The SMILES string of the molecule is CCC(C)C(NC(=O)C(Cc1ccccc1)NC(=O)C(N)CCC(=O)O)C(=O)NC(Cc1cnc[nH]1)C(=O)O. The van der Waals surface area contributed by atoms with Gasteiger partial charge in [-0.15, -0.1) is 0 Å². The Labute approximate surface area is 226 Å². The topological polar surface area (TPSA) is 217 Å². The van der Waals surface area contributed by atoms with E-state index in [0.717, 1.165) is 5.56 Å². The Morgan fingerprint density at radius 2 is 1.62 bits per heavy atom. The van der Waals surface area contributed by atoms with E-state index < -0.39 is 53.8 Å². The number of rotatable bonds is 16. The number of aromatic nitrogens is 2. The highest BCUT2D eigenvalue weighted by atomic mass is 16.4. The summed E-state index contributed by atoms with van der Waals surface area (Å²) >= 11 is 0. The molecule has 1 aromatic carbocycles. The smallest absolute Gasteiger partial charge is 0.326 e. The summed E-state index contributed by atoms with van der Waals surface area (Å²) in [5.74, 6) is -4.79. The standard InChI is InChI=1S/C26H36N6O7/c1-3-15(2)22(25(37)31-20(26(38)39)12-17-13-28-14-29-17)32-24(36)19(11-16-7-5-4-6-8-16)30-23(35)18(27)9-10-21(33)34/h4-8,13-15,18-20,22H,3,9-12,27H2,1-2H3,(H,28,29)(H,30,35)(H,31,37)(H,32,36)(H,33,34)(H,38,39). The van der Waals surface area contributed by atoms with Crippen molar-refractivity contribution in [1.29, 1.82) is 0 Å². The highest BCUT2D eigenvalue weighted by Gasteiger charge is 2.33. The lowest BCUT2D eigenvalue weighted by Gasteiger charge is -2.28. The predicted molar refractivity (Wildman–Crippen MR) is 140 cm³/mol. The summed E-state index contributed by atoms with van der Waals surface area (Å²) in [6.45, 7) is 3.56. The minimum absolute atomic E-state index is 0.0385. The number of imidazole rings is 1. The number of aromatic amines is 1. The first-order chi connectivity index (χ1) is 18.5. The van der Waals surface area contributed by atoms with Crippen LogP contribution in [-0.4, -0.2) is 74.0 Å². The van der Waals surface area contributed by atoms with E-state index in [9.17, 15) is 29.1 Å². The second-order valence-electron chi connectivity index (χ2n) is 9.34. The van der Waals surface area contributed by atoms with E-state index in [-0.39, 0.29) is 31.6 Å². The van der Waals surface area contributed by atoms with E-state index in [4.69, 9.17) is 10.8 Å². The fourth-order valence-electron chi connectivity index (χ4n) is 3.78. The van der Waals surface area contributed by atoms with Crippen LogP contribution in [0.1, 0.15) is 44.4 Å². The molecule has 0 aliphatic carbocycles. The van der Waals surface area contributed by atoms with Crippen LogP contribution in [0.15, 0.2) is 42.9 Å². The Morgan fingerprint density at radius 1 is 0.949 bits per heavy atom. The first kappa shape index (κ1) is 31.0. The van der Waals surface area contributed by atoms with Gasteiger partial charge in [-0.05, 0) is 17.9 Å². The Morgan fingerprint density at radius 3 is 2.18 bits per heavy atom. The number of amides is 3. The van der Waals surface area contributed by atoms with Crippen molar-refractivity contribution >= 4 is 29.7 Å². The van der Waals surface area contributed by atoms with Crippen LogP contribution in [0.5, 0.6) is 0 Å². The summed E-state index contributed by atoms with van der Waals surface area (Å²) in [5, 5.41) is 26.2. The molecule has 13 heteroatoms. The molecule has 0 saturated carbocycles. The molecule has 5 unspecified atom stereocenters. The van der Waals surface area contributed by atoms with Crippen LogP contribution in [0.4, 0.5) is 0 Å². The number of aliphatic carboxylic acids is 2. The Hall–Kier alpha value is -4.26. The van der Waals surface area contributed by atoms with E-state index in [0.29, 0.717) is 12.1 Å². The Balaban J connectivity index is 2.21. The van der Waals surface area contributed by atoms with Gasteiger partial charge in [0.05, 0.1) is 12.4 Å². The van der Waals surface area contributed by atoms with Crippen molar-refractivity contribution in [2.45, 2.75) is 70.1 Å². The quantitative estimate of drug-likeness (QED) is 0.151. The predicted octanol–water partition coefficient (Wildman–Crippen LogP) is -0.0279. The lowest BCUT2D eigenvalue weighted by atomic mass is 9.96. The average molecular weight is 545 g/mol. The van der Waals surface area contributed by atoms with Gasteiger partial charge in [0, 0.05) is 31.2 Å². The van der Waals surface area contributed by atoms with Crippen molar-refractivity contribution < 1.29 is 34.2 Å². The van der Waals surface area contributed by atoms with Crippen LogP contribution in [-0.2, 0) is 36.8 Å². The normalized spacial score (nSPS) is 14.7. The maximum Gasteiger partial charge on any atom is 0.326 e. The second-order valence-corrected chi connectivity index (χ2v) is 9.34. The largest absolute Gasteiger partial charge is 0.481 e. The van der Waals surface area contributed by atoms with Crippen molar-refractivity contribution in [3.8, 4) is 0 Å². The van der Waals surface area contributed by atoms with Crippen LogP contribution < -0.4 is 21.7 Å². The third-order valence-corrected chi connectivity index (χ3v) is 6.31. The number of H-pyrrole nitrogens is 1. The molecule has 0 aliphatic heterocycles. The van der Waals surface area contributed by atoms with Crippen LogP contribution in [0, 0.1) is 5.92 Å². The molecular formula is C26H36N6O7. The summed E-state index contributed by atoms with van der Waals surface area (Å²) in [4.78, 5) is 68.6.